The standard InChI is InChI=1S/C18H18N2O3/c1-13-6-7-16(14(2)10-13)8-9-18(21)19-12-15-4-3-5-17(11-15)20(22)23/h3-11H,12H2,1-2H3,(H,19,21)/b9-8+. The number of hydrogen-bond donors (Lipinski definition) is 1. The van der Waals surface area contributed by atoms with Crippen LogP contribution in [0.2, 0.25) is 0 Å². The maximum absolute atomic E-state index is 11.9. The Balaban J connectivity index is 1.96. The molecule has 23 heavy (non-hydrogen) atoms. The summed E-state index contributed by atoms with van der Waals surface area (Å²) >= 11 is 0. The van der Waals surface area contributed by atoms with Crippen LogP contribution < -0.4 is 5.32 Å². The van der Waals surface area contributed by atoms with E-state index in [4.69, 9.17) is 0 Å². The first-order chi connectivity index (χ1) is 11.0. The van der Waals surface area contributed by atoms with Crippen molar-refractivity contribution < 1.29 is 9.72 Å². The molecule has 5 heteroatoms. The molecule has 0 saturated heterocycles. The van der Waals surface area contributed by atoms with Crippen molar-refractivity contribution in [2.75, 3.05) is 0 Å². The van der Waals surface area contributed by atoms with Gasteiger partial charge < -0.3 is 5.32 Å². The average molecular weight is 310 g/mol. The van der Waals surface area contributed by atoms with Gasteiger partial charge >= 0.3 is 0 Å². The molecule has 0 aliphatic carbocycles. The Bertz CT molecular complexity index is 767. The summed E-state index contributed by atoms with van der Waals surface area (Å²) in [6.07, 6.45) is 3.23. The summed E-state index contributed by atoms with van der Waals surface area (Å²) in [5.74, 6) is -0.239. The Morgan fingerprint density at radius 3 is 2.70 bits per heavy atom. The van der Waals surface area contributed by atoms with Gasteiger partial charge in [0.2, 0.25) is 5.91 Å². The van der Waals surface area contributed by atoms with Gasteiger partial charge in [0, 0.05) is 24.8 Å². The van der Waals surface area contributed by atoms with Crippen molar-refractivity contribution in [2.45, 2.75) is 20.4 Å². The van der Waals surface area contributed by atoms with Crippen molar-refractivity contribution in [3.63, 3.8) is 0 Å². The number of carbonyl (C=O) groups is 1. The molecule has 0 bridgehead atoms. The Morgan fingerprint density at radius 1 is 1.22 bits per heavy atom. The highest BCUT2D eigenvalue weighted by Gasteiger charge is 2.06. The van der Waals surface area contributed by atoms with E-state index in [2.05, 4.69) is 11.4 Å². The third kappa shape index (κ3) is 4.78. The molecule has 2 aromatic rings. The minimum absolute atomic E-state index is 0.0163. The molecule has 1 N–H and O–H groups in total. The number of nitrogens with zero attached hydrogens (tertiary/aromatic N) is 1. The maximum atomic E-state index is 11.9. The number of rotatable bonds is 5. The predicted molar refractivity (Wildman–Crippen MR) is 89.9 cm³/mol. The van der Waals surface area contributed by atoms with E-state index in [0.29, 0.717) is 5.56 Å². The van der Waals surface area contributed by atoms with Gasteiger partial charge in [-0.15, -0.1) is 0 Å². The molecule has 0 aliphatic rings. The van der Waals surface area contributed by atoms with Gasteiger partial charge in [0.05, 0.1) is 4.92 Å². The van der Waals surface area contributed by atoms with Crippen molar-refractivity contribution in [3.8, 4) is 0 Å². The number of nitro benzene ring substituents is 1. The number of benzene rings is 2. The molecule has 0 unspecified atom stereocenters. The summed E-state index contributed by atoms with van der Waals surface area (Å²) in [7, 11) is 0. The lowest BCUT2D eigenvalue weighted by molar-refractivity contribution is -0.384. The first kappa shape index (κ1) is 16.4. The molecular formula is C18H18N2O3. The van der Waals surface area contributed by atoms with Gasteiger partial charge in [0.25, 0.3) is 5.69 Å². The molecule has 1 amide bonds. The second-order valence-corrected chi connectivity index (χ2v) is 5.34. The summed E-state index contributed by atoms with van der Waals surface area (Å²) in [5, 5.41) is 13.4. The number of non-ortho nitro benzene ring substituents is 1. The molecule has 0 atom stereocenters. The van der Waals surface area contributed by atoms with Crippen LogP contribution in [0.5, 0.6) is 0 Å². The maximum Gasteiger partial charge on any atom is 0.269 e. The van der Waals surface area contributed by atoms with Gasteiger partial charge in [-0.1, -0.05) is 35.9 Å². The lowest BCUT2D eigenvalue weighted by Gasteiger charge is -2.04. The monoisotopic (exact) mass is 310 g/mol. The van der Waals surface area contributed by atoms with Gasteiger partial charge in [-0.25, -0.2) is 0 Å². The van der Waals surface area contributed by atoms with E-state index in [9.17, 15) is 14.9 Å². The lowest BCUT2D eigenvalue weighted by Crippen LogP contribution is -2.20. The molecule has 5 nitrogen and oxygen atoms in total. The van der Waals surface area contributed by atoms with Crippen LogP contribution in [0.15, 0.2) is 48.5 Å². The van der Waals surface area contributed by atoms with Crippen LogP contribution >= 0.6 is 0 Å². The quantitative estimate of drug-likeness (QED) is 0.521. The molecule has 2 aromatic carbocycles. The summed E-state index contributed by atoms with van der Waals surface area (Å²) in [6, 6.07) is 12.2. The molecule has 0 saturated carbocycles. The summed E-state index contributed by atoms with van der Waals surface area (Å²) in [6.45, 7) is 4.26. The smallest absolute Gasteiger partial charge is 0.269 e. The molecule has 2 rings (SSSR count). The second kappa shape index (κ2) is 7.35. The topological polar surface area (TPSA) is 72.2 Å². The summed E-state index contributed by atoms with van der Waals surface area (Å²) in [4.78, 5) is 22.1. The van der Waals surface area contributed by atoms with Crippen LogP contribution in [0.4, 0.5) is 5.69 Å². The fourth-order valence-corrected chi connectivity index (χ4v) is 2.21. The van der Waals surface area contributed by atoms with Crippen molar-refractivity contribution >= 4 is 17.7 Å². The van der Waals surface area contributed by atoms with Crippen LogP contribution in [0.25, 0.3) is 6.08 Å². The minimum atomic E-state index is -0.453. The molecule has 0 aliphatic heterocycles. The fourth-order valence-electron chi connectivity index (χ4n) is 2.21. The van der Waals surface area contributed by atoms with E-state index < -0.39 is 4.92 Å². The number of carbonyl (C=O) groups excluding carboxylic acids is 1. The fraction of sp³-hybridized carbons (Fsp3) is 0.167. The molecule has 0 fully saturated rings. The van der Waals surface area contributed by atoms with E-state index >= 15 is 0 Å². The zero-order valence-corrected chi connectivity index (χ0v) is 13.1. The third-order valence-corrected chi connectivity index (χ3v) is 3.43. The predicted octanol–water partition coefficient (Wildman–Crippen LogP) is 3.54. The number of hydrogen-bond acceptors (Lipinski definition) is 3. The summed E-state index contributed by atoms with van der Waals surface area (Å²) in [5.41, 5.74) is 3.97. The van der Waals surface area contributed by atoms with Gasteiger partial charge in [0.15, 0.2) is 0 Å². The van der Waals surface area contributed by atoms with Crippen molar-refractivity contribution in [1.29, 1.82) is 0 Å². The average Bonchev–Trinajstić information content (AvgIpc) is 2.52. The van der Waals surface area contributed by atoms with E-state index in [0.717, 1.165) is 11.1 Å². The molecule has 118 valence electrons. The Morgan fingerprint density at radius 2 is 2.00 bits per heavy atom. The van der Waals surface area contributed by atoms with Gasteiger partial charge in [-0.05, 0) is 36.6 Å². The van der Waals surface area contributed by atoms with Gasteiger partial charge in [0.1, 0.15) is 0 Å². The molecular weight excluding hydrogens is 292 g/mol. The van der Waals surface area contributed by atoms with E-state index in [-0.39, 0.29) is 18.1 Å². The van der Waals surface area contributed by atoms with Crippen molar-refractivity contribution in [1.82, 2.24) is 5.32 Å². The number of aryl methyl sites for hydroxylation is 2. The van der Waals surface area contributed by atoms with E-state index in [1.807, 2.05) is 26.0 Å². The zero-order valence-electron chi connectivity index (χ0n) is 13.1. The molecule has 0 aromatic heterocycles. The Labute approximate surface area is 134 Å². The third-order valence-electron chi connectivity index (χ3n) is 3.43. The molecule has 0 radical (unpaired) electrons. The summed E-state index contributed by atoms with van der Waals surface area (Å²) < 4.78 is 0. The SMILES string of the molecule is Cc1ccc(/C=C/C(=O)NCc2cccc([N+](=O)[O-])c2)c(C)c1. The Hall–Kier alpha value is -2.95. The lowest BCUT2D eigenvalue weighted by atomic mass is 10.1. The Kier molecular flexibility index (Phi) is 5.25. The first-order valence-electron chi connectivity index (χ1n) is 7.22. The molecule has 0 heterocycles. The van der Waals surface area contributed by atoms with Gasteiger partial charge in [-0.3, -0.25) is 14.9 Å². The van der Waals surface area contributed by atoms with Crippen molar-refractivity contribution in [2.24, 2.45) is 0 Å². The van der Waals surface area contributed by atoms with Crippen LogP contribution in [0.1, 0.15) is 22.3 Å². The number of amides is 1. The highest BCUT2D eigenvalue weighted by atomic mass is 16.6. The second-order valence-electron chi connectivity index (χ2n) is 5.34. The largest absolute Gasteiger partial charge is 0.348 e. The van der Waals surface area contributed by atoms with Crippen LogP contribution in [0, 0.1) is 24.0 Å². The first-order valence-corrected chi connectivity index (χ1v) is 7.22. The van der Waals surface area contributed by atoms with Crippen LogP contribution in [-0.2, 0) is 11.3 Å². The number of nitro groups is 1. The van der Waals surface area contributed by atoms with Crippen LogP contribution in [-0.4, -0.2) is 10.8 Å². The number of nitrogens with one attached hydrogen (secondary N) is 1. The highest BCUT2D eigenvalue weighted by molar-refractivity contribution is 5.91. The van der Waals surface area contributed by atoms with Crippen LogP contribution in [0.3, 0.4) is 0 Å². The molecule has 0 spiro atoms. The van der Waals surface area contributed by atoms with E-state index in [1.54, 1.807) is 18.2 Å². The van der Waals surface area contributed by atoms with Crippen molar-refractivity contribution in [3.05, 3.63) is 80.9 Å². The minimum Gasteiger partial charge on any atom is -0.348 e. The highest BCUT2D eigenvalue weighted by Crippen LogP contribution is 2.13. The zero-order chi connectivity index (χ0) is 16.8. The van der Waals surface area contributed by atoms with E-state index in [1.165, 1.54) is 23.8 Å². The normalized spacial score (nSPS) is 10.7. The van der Waals surface area contributed by atoms with Gasteiger partial charge in [-0.2, -0.15) is 0 Å².